The Bertz CT molecular complexity index is 619. The number of nitrogens with two attached hydrogens (primary N) is 1. The summed E-state index contributed by atoms with van der Waals surface area (Å²) < 4.78 is 5.93. The molecule has 1 aromatic heterocycles. The van der Waals surface area contributed by atoms with Crippen molar-refractivity contribution in [2.24, 2.45) is 11.1 Å². The Morgan fingerprint density at radius 1 is 1.24 bits per heavy atom. The predicted molar refractivity (Wildman–Crippen MR) is 87.3 cm³/mol. The number of nitrogens with zero attached hydrogens (tertiary/aromatic N) is 1. The van der Waals surface area contributed by atoms with E-state index in [1.165, 1.54) is 23.8 Å². The predicted octanol–water partition coefficient (Wildman–Crippen LogP) is 3.86. The SMILES string of the molecule is Cc1oc2ccccc2c1C(CN)N1CCC(C)(C)CC1. The van der Waals surface area contributed by atoms with Gasteiger partial charge in [0.1, 0.15) is 11.3 Å². The van der Waals surface area contributed by atoms with Gasteiger partial charge in [0.05, 0.1) is 6.04 Å². The van der Waals surface area contributed by atoms with Crippen LogP contribution in [0.1, 0.15) is 44.1 Å². The van der Waals surface area contributed by atoms with Gasteiger partial charge in [-0.2, -0.15) is 0 Å². The van der Waals surface area contributed by atoms with Gasteiger partial charge in [-0.3, -0.25) is 4.90 Å². The highest BCUT2D eigenvalue weighted by atomic mass is 16.3. The molecule has 2 N–H and O–H groups in total. The molecule has 1 saturated heterocycles. The molecule has 0 aliphatic carbocycles. The lowest BCUT2D eigenvalue weighted by Crippen LogP contribution is -2.42. The second-order valence-corrected chi connectivity index (χ2v) is 7.02. The lowest BCUT2D eigenvalue weighted by Gasteiger charge is -2.40. The number of furan rings is 1. The van der Waals surface area contributed by atoms with E-state index >= 15 is 0 Å². The monoisotopic (exact) mass is 286 g/mol. The van der Waals surface area contributed by atoms with E-state index in [1.54, 1.807) is 0 Å². The Morgan fingerprint density at radius 3 is 2.57 bits per heavy atom. The van der Waals surface area contributed by atoms with Crippen LogP contribution in [0.5, 0.6) is 0 Å². The van der Waals surface area contributed by atoms with E-state index in [4.69, 9.17) is 10.2 Å². The van der Waals surface area contributed by atoms with Crippen LogP contribution in [-0.4, -0.2) is 24.5 Å². The maximum atomic E-state index is 6.14. The molecule has 0 saturated carbocycles. The molecule has 1 aromatic carbocycles. The first kappa shape index (κ1) is 14.6. The van der Waals surface area contributed by atoms with Gasteiger partial charge in [-0.1, -0.05) is 32.0 Å². The number of para-hydroxylation sites is 1. The molecule has 3 nitrogen and oxygen atoms in total. The zero-order chi connectivity index (χ0) is 15.0. The molecule has 1 aliphatic rings. The normalized spacial score (nSPS) is 20.8. The molecule has 3 rings (SSSR count). The Morgan fingerprint density at radius 2 is 1.90 bits per heavy atom. The maximum absolute atomic E-state index is 6.14. The summed E-state index contributed by atoms with van der Waals surface area (Å²) in [5.74, 6) is 1.01. The van der Waals surface area contributed by atoms with Crippen LogP contribution in [0.25, 0.3) is 11.0 Å². The molecule has 1 aliphatic heterocycles. The molecular formula is C18H26N2O. The van der Waals surface area contributed by atoms with Crippen LogP contribution in [0.15, 0.2) is 28.7 Å². The van der Waals surface area contributed by atoms with Crippen molar-refractivity contribution in [2.75, 3.05) is 19.6 Å². The van der Waals surface area contributed by atoms with Crippen molar-refractivity contribution in [3.05, 3.63) is 35.6 Å². The third-order valence-corrected chi connectivity index (χ3v) is 4.97. The van der Waals surface area contributed by atoms with Crippen molar-refractivity contribution in [1.29, 1.82) is 0 Å². The number of rotatable bonds is 3. The van der Waals surface area contributed by atoms with Gasteiger partial charge in [0.25, 0.3) is 0 Å². The van der Waals surface area contributed by atoms with Crippen LogP contribution in [-0.2, 0) is 0 Å². The first-order valence-corrected chi connectivity index (χ1v) is 7.94. The molecule has 1 atom stereocenters. The number of hydrogen-bond acceptors (Lipinski definition) is 3. The van der Waals surface area contributed by atoms with Crippen molar-refractivity contribution >= 4 is 11.0 Å². The number of likely N-dealkylation sites (tertiary alicyclic amines) is 1. The van der Waals surface area contributed by atoms with Crippen molar-refractivity contribution in [2.45, 2.75) is 39.7 Å². The highest BCUT2D eigenvalue weighted by molar-refractivity contribution is 5.82. The van der Waals surface area contributed by atoms with E-state index in [1.807, 2.05) is 12.1 Å². The molecule has 114 valence electrons. The second-order valence-electron chi connectivity index (χ2n) is 7.02. The highest BCUT2D eigenvalue weighted by Gasteiger charge is 2.31. The fourth-order valence-electron chi connectivity index (χ4n) is 3.49. The number of aryl methyl sites for hydroxylation is 1. The van der Waals surface area contributed by atoms with Gasteiger partial charge in [-0.25, -0.2) is 0 Å². The van der Waals surface area contributed by atoms with Crippen LogP contribution in [0.3, 0.4) is 0 Å². The average Bonchev–Trinajstić information content (AvgIpc) is 2.78. The average molecular weight is 286 g/mol. The minimum Gasteiger partial charge on any atom is -0.461 e. The summed E-state index contributed by atoms with van der Waals surface area (Å²) in [6.07, 6.45) is 2.47. The number of hydrogen-bond donors (Lipinski definition) is 1. The van der Waals surface area contributed by atoms with E-state index < -0.39 is 0 Å². The molecular weight excluding hydrogens is 260 g/mol. The number of benzene rings is 1. The summed E-state index contributed by atoms with van der Waals surface area (Å²) >= 11 is 0. The van der Waals surface area contributed by atoms with Gasteiger partial charge in [0.2, 0.25) is 0 Å². The molecule has 1 unspecified atom stereocenters. The molecule has 2 heterocycles. The molecule has 0 spiro atoms. The van der Waals surface area contributed by atoms with Gasteiger partial charge in [-0.15, -0.1) is 0 Å². The largest absolute Gasteiger partial charge is 0.461 e. The lowest BCUT2D eigenvalue weighted by atomic mass is 9.82. The molecule has 3 heteroatoms. The topological polar surface area (TPSA) is 42.4 Å². The maximum Gasteiger partial charge on any atom is 0.134 e. The smallest absolute Gasteiger partial charge is 0.134 e. The first-order valence-electron chi connectivity index (χ1n) is 7.94. The Hall–Kier alpha value is -1.32. The third-order valence-electron chi connectivity index (χ3n) is 4.97. The standard InChI is InChI=1S/C18H26N2O/c1-13-17(14-6-4-5-7-16(14)21-13)15(12-19)20-10-8-18(2,3)9-11-20/h4-7,15H,8-12,19H2,1-3H3. The quantitative estimate of drug-likeness (QED) is 0.931. The summed E-state index contributed by atoms with van der Waals surface area (Å²) in [6, 6.07) is 8.56. The summed E-state index contributed by atoms with van der Waals surface area (Å²) in [4.78, 5) is 2.54. The summed E-state index contributed by atoms with van der Waals surface area (Å²) in [6.45, 7) is 9.67. The van der Waals surface area contributed by atoms with E-state index in [9.17, 15) is 0 Å². The van der Waals surface area contributed by atoms with Crippen LogP contribution < -0.4 is 5.73 Å². The van der Waals surface area contributed by atoms with Gasteiger partial charge in [0, 0.05) is 17.5 Å². The Labute approximate surface area is 127 Å². The van der Waals surface area contributed by atoms with Crippen molar-refractivity contribution in [3.8, 4) is 0 Å². The fourth-order valence-corrected chi connectivity index (χ4v) is 3.49. The molecule has 2 aromatic rings. The zero-order valence-electron chi connectivity index (χ0n) is 13.4. The summed E-state index contributed by atoms with van der Waals surface area (Å²) in [5.41, 5.74) is 8.86. The number of piperidine rings is 1. The summed E-state index contributed by atoms with van der Waals surface area (Å²) in [5, 5.41) is 1.22. The van der Waals surface area contributed by atoms with Gasteiger partial charge >= 0.3 is 0 Å². The Balaban J connectivity index is 1.94. The molecule has 0 radical (unpaired) electrons. The number of fused-ring (bicyclic) bond motifs is 1. The third kappa shape index (κ3) is 2.72. The van der Waals surface area contributed by atoms with E-state index in [-0.39, 0.29) is 6.04 Å². The van der Waals surface area contributed by atoms with E-state index in [2.05, 4.69) is 37.8 Å². The lowest BCUT2D eigenvalue weighted by molar-refractivity contribution is 0.0963. The minimum atomic E-state index is 0.268. The first-order chi connectivity index (χ1) is 10.0. The van der Waals surface area contributed by atoms with Crippen molar-refractivity contribution < 1.29 is 4.42 Å². The van der Waals surface area contributed by atoms with Gasteiger partial charge in [0.15, 0.2) is 0 Å². The molecule has 1 fully saturated rings. The zero-order valence-corrected chi connectivity index (χ0v) is 13.4. The second kappa shape index (κ2) is 5.47. The van der Waals surface area contributed by atoms with Crippen LogP contribution in [0.2, 0.25) is 0 Å². The van der Waals surface area contributed by atoms with Crippen LogP contribution in [0.4, 0.5) is 0 Å². The van der Waals surface area contributed by atoms with E-state index in [0.717, 1.165) is 24.4 Å². The van der Waals surface area contributed by atoms with Crippen LogP contribution >= 0.6 is 0 Å². The Kier molecular flexibility index (Phi) is 3.80. The van der Waals surface area contributed by atoms with Crippen LogP contribution in [0, 0.1) is 12.3 Å². The summed E-state index contributed by atoms with van der Waals surface area (Å²) in [7, 11) is 0. The minimum absolute atomic E-state index is 0.268. The van der Waals surface area contributed by atoms with Gasteiger partial charge in [-0.05, 0) is 44.3 Å². The van der Waals surface area contributed by atoms with E-state index in [0.29, 0.717) is 12.0 Å². The highest BCUT2D eigenvalue weighted by Crippen LogP contribution is 2.37. The fraction of sp³-hybridized carbons (Fsp3) is 0.556. The van der Waals surface area contributed by atoms with Crippen molar-refractivity contribution in [3.63, 3.8) is 0 Å². The molecule has 0 amide bonds. The van der Waals surface area contributed by atoms with Crippen molar-refractivity contribution in [1.82, 2.24) is 4.90 Å². The molecule has 21 heavy (non-hydrogen) atoms. The molecule has 0 bridgehead atoms. The van der Waals surface area contributed by atoms with Gasteiger partial charge < -0.3 is 10.2 Å².